The first kappa shape index (κ1) is 15.0. The average molecular weight is 270 g/mol. The molecule has 6 heteroatoms. The highest BCUT2D eigenvalue weighted by Gasteiger charge is 2.19. The molecule has 0 aromatic carbocycles. The van der Waals surface area contributed by atoms with Crippen LogP contribution in [0.2, 0.25) is 0 Å². The van der Waals surface area contributed by atoms with Crippen LogP contribution in [0.1, 0.15) is 51.5 Å². The Morgan fingerprint density at radius 1 is 1.33 bits per heavy atom. The number of anilines is 1. The summed E-state index contributed by atoms with van der Waals surface area (Å²) in [7, 11) is 0. The number of carbonyl (C=O) groups is 1. The number of rotatable bonds is 6. The molecule has 5 nitrogen and oxygen atoms in total. The van der Waals surface area contributed by atoms with Gasteiger partial charge in [0, 0.05) is 12.0 Å². The first-order valence-electron chi connectivity index (χ1n) is 6.39. The van der Waals surface area contributed by atoms with Crippen LogP contribution >= 0.6 is 11.3 Å². The third kappa shape index (κ3) is 3.74. The SMILES string of the molecule is CCC(CC)c1nnc(NC(=O)C(C)C(C)N)s1. The third-order valence-corrected chi connectivity index (χ3v) is 4.21. The number of aromatic nitrogens is 2. The summed E-state index contributed by atoms with van der Waals surface area (Å²) in [5, 5.41) is 12.5. The Morgan fingerprint density at radius 2 is 1.94 bits per heavy atom. The molecule has 0 aliphatic rings. The summed E-state index contributed by atoms with van der Waals surface area (Å²) < 4.78 is 0. The maximum atomic E-state index is 11.8. The third-order valence-electron chi connectivity index (χ3n) is 3.21. The monoisotopic (exact) mass is 270 g/mol. The molecule has 0 bridgehead atoms. The second kappa shape index (κ2) is 6.80. The molecule has 1 aromatic rings. The smallest absolute Gasteiger partial charge is 0.230 e. The van der Waals surface area contributed by atoms with Crippen molar-refractivity contribution in [1.29, 1.82) is 0 Å². The van der Waals surface area contributed by atoms with Gasteiger partial charge in [-0.2, -0.15) is 0 Å². The topological polar surface area (TPSA) is 80.9 Å². The summed E-state index contributed by atoms with van der Waals surface area (Å²) in [5.74, 6) is 0.0988. The Balaban J connectivity index is 2.67. The van der Waals surface area contributed by atoms with Crippen LogP contribution in [0.25, 0.3) is 0 Å². The maximum absolute atomic E-state index is 11.8. The molecule has 0 radical (unpaired) electrons. The lowest BCUT2D eigenvalue weighted by Crippen LogP contribution is -2.34. The molecule has 102 valence electrons. The Labute approximate surface area is 112 Å². The molecule has 0 spiro atoms. The molecule has 1 aromatic heterocycles. The van der Waals surface area contributed by atoms with Crippen molar-refractivity contribution in [1.82, 2.24) is 10.2 Å². The van der Waals surface area contributed by atoms with Crippen LogP contribution < -0.4 is 11.1 Å². The highest BCUT2D eigenvalue weighted by Crippen LogP contribution is 2.28. The van der Waals surface area contributed by atoms with E-state index in [1.54, 1.807) is 0 Å². The van der Waals surface area contributed by atoms with Gasteiger partial charge in [-0.15, -0.1) is 10.2 Å². The van der Waals surface area contributed by atoms with Crippen molar-refractivity contribution < 1.29 is 4.79 Å². The van der Waals surface area contributed by atoms with Crippen molar-refractivity contribution in [2.24, 2.45) is 11.7 Å². The molecule has 3 N–H and O–H groups in total. The molecular weight excluding hydrogens is 248 g/mol. The molecule has 1 amide bonds. The van der Waals surface area contributed by atoms with Crippen LogP contribution in [0.5, 0.6) is 0 Å². The summed E-state index contributed by atoms with van der Waals surface area (Å²) in [5.41, 5.74) is 5.69. The van der Waals surface area contributed by atoms with Gasteiger partial charge >= 0.3 is 0 Å². The maximum Gasteiger partial charge on any atom is 0.230 e. The summed E-state index contributed by atoms with van der Waals surface area (Å²) in [4.78, 5) is 11.8. The summed E-state index contributed by atoms with van der Waals surface area (Å²) >= 11 is 1.45. The minimum atomic E-state index is -0.231. The van der Waals surface area contributed by atoms with Gasteiger partial charge in [0.1, 0.15) is 5.01 Å². The van der Waals surface area contributed by atoms with Crippen molar-refractivity contribution in [2.75, 3.05) is 5.32 Å². The molecule has 2 unspecified atom stereocenters. The Hall–Kier alpha value is -1.01. The Morgan fingerprint density at radius 3 is 2.44 bits per heavy atom. The van der Waals surface area contributed by atoms with Crippen molar-refractivity contribution >= 4 is 22.4 Å². The highest BCUT2D eigenvalue weighted by molar-refractivity contribution is 7.15. The second-order valence-corrected chi connectivity index (χ2v) is 5.61. The van der Waals surface area contributed by atoms with E-state index in [1.165, 1.54) is 11.3 Å². The predicted octanol–water partition coefficient (Wildman–Crippen LogP) is 2.36. The van der Waals surface area contributed by atoms with E-state index in [9.17, 15) is 4.79 Å². The minimum Gasteiger partial charge on any atom is -0.327 e. The van der Waals surface area contributed by atoms with Crippen LogP contribution in [0.15, 0.2) is 0 Å². The average Bonchev–Trinajstić information content (AvgIpc) is 2.78. The molecule has 0 aliphatic heterocycles. The summed E-state index contributed by atoms with van der Waals surface area (Å²) in [6, 6.07) is -0.170. The van der Waals surface area contributed by atoms with Gasteiger partial charge in [-0.3, -0.25) is 4.79 Å². The summed E-state index contributed by atoms with van der Waals surface area (Å²) in [6.07, 6.45) is 2.07. The number of carbonyl (C=O) groups excluding carboxylic acids is 1. The van der Waals surface area contributed by atoms with E-state index in [2.05, 4.69) is 29.4 Å². The van der Waals surface area contributed by atoms with E-state index in [0.717, 1.165) is 17.8 Å². The zero-order valence-electron chi connectivity index (χ0n) is 11.4. The van der Waals surface area contributed by atoms with E-state index in [4.69, 9.17) is 5.73 Å². The standard InChI is InChI=1S/C12H22N4OS/c1-5-9(6-2)11-15-16-12(18-11)14-10(17)7(3)8(4)13/h7-9H,5-6,13H2,1-4H3,(H,14,16,17). The van der Waals surface area contributed by atoms with E-state index >= 15 is 0 Å². The molecule has 1 heterocycles. The van der Waals surface area contributed by atoms with Gasteiger partial charge in [0.25, 0.3) is 0 Å². The Kier molecular flexibility index (Phi) is 5.68. The number of amides is 1. The van der Waals surface area contributed by atoms with Crippen molar-refractivity contribution in [3.05, 3.63) is 5.01 Å². The fourth-order valence-corrected chi connectivity index (χ4v) is 2.56. The molecule has 0 aliphatic carbocycles. The molecule has 0 saturated heterocycles. The highest BCUT2D eigenvalue weighted by atomic mass is 32.1. The quantitative estimate of drug-likeness (QED) is 0.831. The lowest BCUT2D eigenvalue weighted by molar-refractivity contribution is -0.119. The normalized spacial score (nSPS) is 14.6. The first-order valence-corrected chi connectivity index (χ1v) is 7.21. The molecular formula is C12H22N4OS. The lowest BCUT2D eigenvalue weighted by atomic mass is 10.0. The van der Waals surface area contributed by atoms with Crippen LogP contribution in [0, 0.1) is 5.92 Å². The van der Waals surface area contributed by atoms with Crippen LogP contribution in [0.3, 0.4) is 0 Å². The predicted molar refractivity (Wildman–Crippen MR) is 74.7 cm³/mol. The number of hydrogen-bond acceptors (Lipinski definition) is 5. The fraction of sp³-hybridized carbons (Fsp3) is 0.750. The zero-order chi connectivity index (χ0) is 13.7. The van der Waals surface area contributed by atoms with Crippen molar-refractivity contribution in [3.63, 3.8) is 0 Å². The van der Waals surface area contributed by atoms with Crippen molar-refractivity contribution in [3.8, 4) is 0 Å². The van der Waals surface area contributed by atoms with Gasteiger partial charge in [-0.05, 0) is 19.8 Å². The van der Waals surface area contributed by atoms with Gasteiger partial charge in [0.05, 0.1) is 5.92 Å². The van der Waals surface area contributed by atoms with E-state index < -0.39 is 0 Å². The van der Waals surface area contributed by atoms with Gasteiger partial charge in [0.2, 0.25) is 11.0 Å². The second-order valence-electron chi connectivity index (χ2n) is 4.60. The first-order chi connectivity index (χ1) is 8.49. The minimum absolute atomic E-state index is 0.0998. The van der Waals surface area contributed by atoms with E-state index in [-0.39, 0.29) is 17.9 Å². The molecule has 18 heavy (non-hydrogen) atoms. The van der Waals surface area contributed by atoms with Crippen molar-refractivity contribution in [2.45, 2.75) is 52.5 Å². The zero-order valence-corrected chi connectivity index (χ0v) is 12.3. The number of nitrogens with two attached hydrogens (primary N) is 1. The number of nitrogens with zero attached hydrogens (tertiary/aromatic N) is 2. The van der Waals surface area contributed by atoms with E-state index in [0.29, 0.717) is 11.0 Å². The molecule has 2 atom stereocenters. The number of nitrogens with one attached hydrogen (secondary N) is 1. The van der Waals surface area contributed by atoms with Gasteiger partial charge in [-0.25, -0.2) is 0 Å². The van der Waals surface area contributed by atoms with Gasteiger partial charge < -0.3 is 11.1 Å². The molecule has 0 fully saturated rings. The lowest BCUT2D eigenvalue weighted by Gasteiger charge is -2.13. The molecule has 0 saturated carbocycles. The number of hydrogen-bond donors (Lipinski definition) is 2. The summed E-state index contributed by atoms with van der Waals surface area (Å²) in [6.45, 7) is 7.89. The fourth-order valence-electron chi connectivity index (χ4n) is 1.55. The van der Waals surface area contributed by atoms with Crippen LogP contribution in [-0.4, -0.2) is 22.1 Å². The Bertz CT molecular complexity index is 387. The molecule has 1 rings (SSSR count). The largest absolute Gasteiger partial charge is 0.327 e. The van der Waals surface area contributed by atoms with Gasteiger partial charge in [0.15, 0.2) is 0 Å². The van der Waals surface area contributed by atoms with Gasteiger partial charge in [-0.1, -0.05) is 32.1 Å². The van der Waals surface area contributed by atoms with Crippen LogP contribution in [0.4, 0.5) is 5.13 Å². The van der Waals surface area contributed by atoms with E-state index in [1.807, 2.05) is 13.8 Å². The van der Waals surface area contributed by atoms with Crippen LogP contribution in [-0.2, 0) is 4.79 Å².